The van der Waals surface area contributed by atoms with E-state index in [1.54, 1.807) is 6.07 Å². The van der Waals surface area contributed by atoms with Gasteiger partial charge in [-0.15, -0.1) is 0 Å². The van der Waals surface area contributed by atoms with Gasteiger partial charge in [0.25, 0.3) is 0 Å². The fourth-order valence-electron chi connectivity index (χ4n) is 2.18. The van der Waals surface area contributed by atoms with Crippen molar-refractivity contribution in [3.05, 3.63) is 64.6 Å². The van der Waals surface area contributed by atoms with Crippen LogP contribution in [-0.2, 0) is 6.54 Å². The number of benzene rings is 2. The van der Waals surface area contributed by atoms with Gasteiger partial charge in [0.2, 0.25) is 0 Å². The molecule has 0 aliphatic rings. The average Bonchev–Trinajstić information content (AvgIpc) is 2.74. The fraction of sp³-hybridized carbons (Fsp3) is 0.125. The lowest BCUT2D eigenvalue weighted by Crippen LogP contribution is -2.01. The van der Waals surface area contributed by atoms with Gasteiger partial charge < -0.3 is 9.73 Å². The van der Waals surface area contributed by atoms with Crippen LogP contribution >= 0.6 is 11.6 Å². The Morgan fingerprint density at radius 3 is 2.80 bits per heavy atom. The third-order valence-corrected chi connectivity index (χ3v) is 3.53. The highest BCUT2D eigenvalue weighted by atomic mass is 35.5. The summed E-state index contributed by atoms with van der Waals surface area (Å²) in [6.07, 6.45) is 0. The van der Waals surface area contributed by atoms with E-state index in [-0.39, 0.29) is 5.82 Å². The predicted octanol–water partition coefficient (Wildman–Crippen LogP) is 5.15. The summed E-state index contributed by atoms with van der Waals surface area (Å²) in [5.74, 6) is -0.270. The summed E-state index contributed by atoms with van der Waals surface area (Å²) in [6, 6.07) is 12.7. The van der Waals surface area contributed by atoms with E-state index in [0.29, 0.717) is 17.5 Å². The number of para-hydroxylation sites is 1. The number of fused-ring (bicyclic) bond motifs is 1. The first-order valence-electron chi connectivity index (χ1n) is 6.31. The van der Waals surface area contributed by atoms with E-state index >= 15 is 0 Å². The number of hydrogen-bond donors (Lipinski definition) is 1. The third kappa shape index (κ3) is 2.37. The number of anilines is 1. The van der Waals surface area contributed by atoms with E-state index in [1.807, 2.05) is 37.3 Å². The Balaban J connectivity index is 1.88. The zero-order valence-electron chi connectivity index (χ0n) is 10.9. The molecule has 0 aliphatic carbocycles. The highest BCUT2D eigenvalue weighted by Gasteiger charge is 2.12. The minimum atomic E-state index is -0.270. The van der Waals surface area contributed by atoms with Crippen LogP contribution in [0.4, 0.5) is 10.1 Å². The van der Waals surface area contributed by atoms with Crippen LogP contribution < -0.4 is 5.32 Å². The lowest BCUT2D eigenvalue weighted by molar-refractivity contribution is 0.612. The van der Waals surface area contributed by atoms with Crippen molar-refractivity contribution < 1.29 is 8.81 Å². The Labute approximate surface area is 121 Å². The van der Waals surface area contributed by atoms with Crippen LogP contribution in [-0.4, -0.2) is 0 Å². The molecule has 0 spiro atoms. The number of furan rings is 1. The number of nitrogens with one attached hydrogen (secondary N) is 1. The molecule has 2 aromatic carbocycles. The highest BCUT2D eigenvalue weighted by Crippen LogP contribution is 2.30. The predicted molar refractivity (Wildman–Crippen MR) is 79.7 cm³/mol. The van der Waals surface area contributed by atoms with Crippen LogP contribution in [0.2, 0.25) is 5.22 Å². The van der Waals surface area contributed by atoms with Crippen molar-refractivity contribution in [3.8, 4) is 0 Å². The number of aryl methyl sites for hydroxylation is 1. The summed E-state index contributed by atoms with van der Waals surface area (Å²) in [6.45, 7) is 2.27. The second-order valence-corrected chi connectivity index (χ2v) is 5.03. The molecule has 1 N–H and O–H groups in total. The zero-order valence-corrected chi connectivity index (χ0v) is 11.7. The molecule has 2 nitrogen and oxygen atoms in total. The van der Waals surface area contributed by atoms with Crippen molar-refractivity contribution in [2.24, 2.45) is 0 Å². The van der Waals surface area contributed by atoms with E-state index in [0.717, 1.165) is 22.1 Å². The maximum atomic E-state index is 13.8. The maximum absolute atomic E-state index is 13.8. The summed E-state index contributed by atoms with van der Waals surface area (Å²) < 4.78 is 19.2. The van der Waals surface area contributed by atoms with E-state index in [1.165, 1.54) is 6.07 Å². The normalized spacial score (nSPS) is 10.9. The molecule has 20 heavy (non-hydrogen) atoms. The van der Waals surface area contributed by atoms with Crippen LogP contribution in [0.1, 0.15) is 11.1 Å². The molecule has 0 atom stereocenters. The average molecular weight is 290 g/mol. The zero-order chi connectivity index (χ0) is 14.1. The molecule has 3 rings (SSSR count). The number of rotatable bonds is 3. The van der Waals surface area contributed by atoms with Crippen LogP contribution in [0.5, 0.6) is 0 Å². The molecule has 0 amide bonds. The van der Waals surface area contributed by atoms with Crippen LogP contribution in [0.15, 0.2) is 46.9 Å². The van der Waals surface area contributed by atoms with E-state index in [9.17, 15) is 4.39 Å². The molecule has 0 aliphatic heterocycles. The smallest absolute Gasteiger partial charge is 0.199 e. The molecule has 1 aromatic heterocycles. The minimum Gasteiger partial charge on any atom is -0.444 e. The number of halogens is 2. The van der Waals surface area contributed by atoms with Crippen molar-refractivity contribution >= 4 is 28.3 Å². The largest absolute Gasteiger partial charge is 0.444 e. The second kappa shape index (κ2) is 5.17. The van der Waals surface area contributed by atoms with E-state index in [2.05, 4.69) is 5.32 Å². The van der Waals surface area contributed by atoms with E-state index in [4.69, 9.17) is 16.0 Å². The summed E-state index contributed by atoms with van der Waals surface area (Å²) >= 11 is 6.10. The standard InChI is InChI=1S/C16H13ClFNO/c1-10-6-7-14(13(18)8-10)19-9-12-11-4-2-3-5-15(11)20-16(12)17/h2-8,19H,9H2,1H3. The SMILES string of the molecule is Cc1ccc(NCc2c(Cl)oc3ccccc23)c(F)c1. The molecule has 0 unspecified atom stereocenters. The van der Waals surface area contributed by atoms with Gasteiger partial charge in [-0.2, -0.15) is 0 Å². The van der Waals surface area contributed by atoms with Crippen molar-refractivity contribution in [1.82, 2.24) is 0 Å². The highest BCUT2D eigenvalue weighted by molar-refractivity contribution is 6.30. The summed E-state index contributed by atoms with van der Waals surface area (Å²) in [5.41, 5.74) is 2.91. The Hall–Kier alpha value is -2.00. The molecule has 102 valence electrons. The summed E-state index contributed by atoms with van der Waals surface area (Å²) in [7, 11) is 0. The van der Waals surface area contributed by atoms with Crippen LogP contribution in [0, 0.1) is 12.7 Å². The monoisotopic (exact) mass is 289 g/mol. The van der Waals surface area contributed by atoms with Crippen molar-refractivity contribution in [2.75, 3.05) is 5.32 Å². The van der Waals surface area contributed by atoms with Crippen molar-refractivity contribution in [3.63, 3.8) is 0 Å². The first-order valence-corrected chi connectivity index (χ1v) is 6.69. The third-order valence-electron chi connectivity index (χ3n) is 3.23. The first-order chi connectivity index (χ1) is 9.65. The summed E-state index contributed by atoms with van der Waals surface area (Å²) in [5, 5.41) is 4.34. The summed E-state index contributed by atoms with van der Waals surface area (Å²) in [4.78, 5) is 0. The molecule has 0 bridgehead atoms. The van der Waals surface area contributed by atoms with Gasteiger partial charge >= 0.3 is 0 Å². The Morgan fingerprint density at radius 2 is 2.00 bits per heavy atom. The molecule has 0 saturated heterocycles. The number of hydrogen-bond acceptors (Lipinski definition) is 2. The second-order valence-electron chi connectivity index (χ2n) is 4.69. The first kappa shape index (κ1) is 13.0. The van der Waals surface area contributed by atoms with Gasteiger partial charge in [-0.3, -0.25) is 0 Å². The van der Waals surface area contributed by atoms with Crippen molar-refractivity contribution in [2.45, 2.75) is 13.5 Å². The molecule has 0 fully saturated rings. The fourth-order valence-corrected chi connectivity index (χ4v) is 2.43. The van der Waals surface area contributed by atoms with Gasteiger partial charge in [-0.05, 0) is 42.3 Å². The van der Waals surface area contributed by atoms with Gasteiger partial charge in [-0.25, -0.2) is 4.39 Å². The van der Waals surface area contributed by atoms with Crippen LogP contribution in [0.25, 0.3) is 11.0 Å². The molecule has 1 heterocycles. The molecule has 4 heteroatoms. The van der Waals surface area contributed by atoms with Crippen molar-refractivity contribution in [1.29, 1.82) is 0 Å². The molecular formula is C16H13ClFNO. The van der Waals surface area contributed by atoms with Gasteiger partial charge in [0.1, 0.15) is 11.4 Å². The van der Waals surface area contributed by atoms with E-state index < -0.39 is 0 Å². The molecule has 0 radical (unpaired) electrons. The van der Waals surface area contributed by atoms with Gasteiger partial charge in [0.15, 0.2) is 5.22 Å². The van der Waals surface area contributed by atoms with Gasteiger partial charge in [0, 0.05) is 17.5 Å². The Morgan fingerprint density at radius 1 is 1.20 bits per heavy atom. The Kier molecular flexibility index (Phi) is 3.36. The topological polar surface area (TPSA) is 25.2 Å². The van der Waals surface area contributed by atoms with Gasteiger partial charge in [-0.1, -0.05) is 24.3 Å². The lowest BCUT2D eigenvalue weighted by atomic mass is 10.1. The molecule has 3 aromatic rings. The maximum Gasteiger partial charge on any atom is 0.199 e. The molecule has 0 saturated carbocycles. The minimum absolute atomic E-state index is 0.270. The molecular weight excluding hydrogens is 277 g/mol. The lowest BCUT2D eigenvalue weighted by Gasteiger charge is -2.07. The van der Waals surface area contributed by atoms with Gasteiger partial charge in [0.05, 0.1) is 5.69 Å². The Bertz CT molecular complexity index is 766. The quantitative estimate of drug-likeness (QED) is 0.721. The van der Waals surface area contributed by atoms with Crippen LogP contribution in [0.3, 0.4) is 0 Å².